The maximum atomic E-state index is 12.7. The SMILES string of the molecule is Cc1ccc(-c2nn(Cc3ccccc3)cc2C(=O)OCC(=O)N(C)C)cc1. The molecule has 0 aliphatic rings. The van der Waals surface area contributed by atoms with Crippen molar-refractivity contribution in [2.75, 3.05) is 20.7 Å². The summed E-state index contributed by atoms with van der Waals surface area (Å²) in [7, 11) is 3.23. The lowest BCUT2D eigenvalue weighted by Gasteiger charge is -2.10. The van der Waals surface area contributed by atoms with Gasteiger partial charge < -0.3 is 9.64 Å². The first-order chi connectivity index (χ1) is 13.4. The number of aromatic nitrogens is 2. The van der Waals surface area contributed by atoms with Crippen molar-refractivity contribution in [3.63, 3.8) is 0 Å². The Morgan fingerprint density at radius 1 is 1.04 bits per heavy atom. The lowest BCUT2D eigenvalue weighted by molar-refractivity contribution is -0.131. The van der Waals surface area contributed by atoms with E-state index in [1.807, 2.05) is 61.5 Å². The third kappa shape index (κ3) is 4.65. The number of amides is 1. The summed E-state index contributed by atoms with van der Waals surface area (Å²) in [6.45, 7) is 2.23. The number of ether oxygens (including phenoxy) is 1. The zero-order chi connectivity index (χ0) is 20.1. The second kappa shape index (κ2) is 8.52. The fourth-order valence-electron chi connectivity index (χ4n) is 2.68. The number of carbonyl (C=O) groups is 2. The van der Waals surface area contributed by atoms with Gasteiger partial charge in [-0.15, -0.1) is 0 Å². The highest BCUT2D eigenvalue weighted by Crippen LogP contribution is 2.24. The number of esters is 1. The van der Waals surface area contributed by atoms with Gasteiger partial charge in [0, 0.05) is 25.9 Å². The van der Waals surface area contributed by atoms with E-state index < -0.39 is 5.97 Å². The molecule has 0 aliphatic carbocycles. The predicted molar refractivity (Wildman–Crippen MR) is 107 cm³/mol. The molecule has 144 valence electrons. The zero-order valence-electron chi connectivity index (χ0n) is 16.3. The maximum Gasteiger partial charge on any atom is 0.342 e. The van der Waals surface area contributed by atoms with Crippen molar-refractivity contribution in [1.82, 2.24) is 14.7 Å². The topological polar surface area (TPSA) is 64.4 Å². The Morgan fingerprint density at radius 3 is 2.36 bits per heavy atom. The minimum absolute atomic E-state index is 0.276. The molecule has 1 heterocycles. The summed E-state index contributed by atoms with van der Waals surface area (Å²) >= 11 is 0. The molecule has 0 fully saturated rings. The van der Waals surface area contributed by atoms with Crippen LogP contribution in [0.5, 0.6) is 0 Å². The first kappa shape index (κ1) is 19.4. The Labute approximate surface area is 164 Å². The van der Waals surface area contributed by atoms with E-state index in [2.05, 4.69) is 5.10 Å². The van der Waals surface area contributed by atoms with Crippen LogP contribution in [-0.4, -0.2) is 47.3 Å². The fourth-order valence-corrected chi connectivity index (χ4v) is 2.68. The van der Waals surface area contributed by atoms with Crippen LogP contribution in [0.1, 0.15) is 21.5 Å². The van der Waals surface area contributed by atoms with Crippen molar-refractivity contribution in [3.05, 3.63) is 77.5 Å². The molecule has 2 aromatic carbocycles. The van der Waals surface area contributed by atoms with E-state index >= 15 is 0 Å². The van der Waals surface area contributed by atoms with Gasteiger partial charge in [-0.1, -0.05) is 60.2 Å². The van der Waals surface area contributed by atoms with Gasteiger partial charge in [-0.2, -0.15) is 5.10 Å². The Balaban J connectivity index is 1.90. The zero-order valence-corrected chi connectivity index (χ0v) is 16.3. The van der Waals surface area contributed by atoms with Crippen LogP contribution in [0.3, 0.4) is 0 Å². The van der Waals surface area contributed by atoms with Crippen molar-refractivity contribution < 1.29 is 14.3 Å². The molecule has 3 rings (SSSR count). The van der Waals surface area contributed by atoms with Crippen molar-refractivity contribution in [3.8, 4) is 11.3 Å². The maximum absolute atomic E-state index is 12.7. The third-order valence-corrected chi connectivity index (χ3v) is 4.32. The highest BCUT2D eigenvalue weighted by atomic mass is 16.5. The number of hydrogen-bond acceptors (Lipinski definition) is 4. The van der Waals surface area contributed by atoms with Gasteiger partial charge in [0.25, 0.3) is 5.91 Å². The summed E-state index contributed by atoms with van der Waals surface area (Å²) in [5.74, 6) is -0.841. The molecule has 6 heteroatoms. The Kier molecular flexibility index (Phi) is 5.89. The lowest BCUT2D eigenvalue weighted by atomic mass is 10.1. The first-order valence-corrected chi connectivity index (χ1v) is 8.99. The van der Waals surface area contributed by atoms with E-state index in [0.29, 0.717) is 17.8 Å². The highest BCUT2D eigenvalue weighted by Gasteiger charge is 2.20. The molecule has 0 radical (unpaired) electrons. The smallest absolute Gasteiger partial charge is 0.342 e. The molecule has 0 N–H and O–H groups in total. The normalized spacial score (nSPS) is 10.5. The van der Waals surface area contributed by atoms with Gasteiger partial charge in [-0.05, 0) is 12.5 Å². The van der Waals surface area contributed by atoms with Gasteiger partial charge in [0.15, 0.2) is 6.61 Å². The van der Waals surface area contributed by atoms with Gasteiger partial charge in [-0.3, -0.25) is 9.48 Å². The standard InChI is InChI=1S/C22H23N3O3/c1-16-9-11-18(12-10-16)21-19(22(27)28-15-20(26)24(2)3)14-25(23-21)13-17-7-5-4-6-8-17/h4-12,14H,13,15H2,1-3H3. The highest BCUT2D eigenvalue weighted by molar-refractivity contribution is 5.97. The number of likely N-dealkylation sites (N-methyl/N-ethyl adjacent to an activating group) is 1. The van der Waals surface area contributed by atoms with Crippen LogP contribution in [0, 0.1) is 6.92 Å². The molecule has 0 unspecified atom stereocenters. The van der Waals surface area contributed by atoms with Gasteiger partial charge in [0.2, 0.25) is 0 Å². The van der Waals surface area contributed by atoms with E-state index in [0.717, 1.165) is 16.7 Å². The van der Waals surface area contributed by atoms with Crippen LogP contribution >= 0.6 is 0 Å². The third-order valence-electron chi connectivity index (χ3n) is 4.32. The van der Waals surface area contributed by atoms with E-state index in [9.17, 15) is 9.59 Å². The second-order valence-corrected chi connectivity index (χ2v) is 6.80. The van der Waals surface area contributed by atoms with Gasteiger partial charge in [0.05, 0.1) is 6.54 Å². The van der Waals surface area contributed by atoms with Gasteiger partial charge in [-0.25, -0.2) is 4.79 Å². The predicted octanol–water partition coefficient (Wildman–Crippen LogP) is 3.15. The minimum atomic E-state index is -0.565. The molecule has 0 bridgehead atoms. The number of benzene rings is 2. The number of rotatable bonds is 6. The number of nitrogens with zero attached hydrogens (tertiary/aromatic N) is 3. The van der Waals surface area contributed by atoms with E-state index in [1.165, 1.54) is 4.90 Å². The van der Waals surface area contributed by atoms with Gasteiger partial charge >= 0.3 is 5.97 Å². The number of carbonyl (C=O) groups excluding carboxylic acids is 2. The average molecular weight is 377 g/mol. The quantitative estimate of drug-likeness (QED) is 0.619. The summed E-state index contributed by atoms with van der Waals surface area (Å²) in [6.07, 6.45) is 1.67. The summed E-state index contributed by atoms with van der Waals surface area (Å²) in [6, 6.07) is 17.7. The first-order valence-electron chi connectivity index (χ1n) is 8.99. The summed E-state index contributed by atoms with van der Waals surface area (Å²) in [4.78, 5) is 25.8. The van der Waals surface area contributed by atoms with Crippen molar-refractivity contribution >= 4 is 11.9 Å². The van der Waals surface area contributed by atoms with Crippen LogP contribution in [0.15, 0.2) is 60.8 Å². The molecule has 0 spiro atoms. The van der Waals surface area contributed by atoms with E-state index in [1.54, 1.807) is 25.0 Å². The Morgan fingerprint density at radius 2 is 1.71 bits per heavy atom. The molecule has 28 heavy (non-hydrogen) atoms. The van der Waals surface area contributed by atoms with Crippen molar-refractivity contribution in [2.24, 2.45) is 0 Å². The molecule has 0 aliphatic heterocycles. The average Bonchev–Trinajstić information content (AvgIpc) is 3.11. The van der Waals surface area contributed by atoms with Crippen LogP contribution in [0.25, 0.3) is 11.3 Å². The van der Waals surface area contributed by atoms with Crippen molar-refractivity contribution in [2.45, 2.75) is 13.5 Å². The summed E-state index contributed by atoms with van der Waals surface area (Å²) in [5.41, 5.74) is 3.89. The van der Waals surface area contributed by atoms with E-state index in [-0.39, 0.29) is 12.5 Å². The van der Waals surface area contributed by atoms with Crippen LogP contribution in [0.4, 0.5) is 0 Å². The number of aryl methyl sites for hydroxylation is 1. The molecule has 3 aromatic rings. The Bertz CT molecular complexity index is 960. The lowest BCUT2D eigenvalue weighted by Crippen LogP contribution is -2.27. The van der Waals surface area contributed by atoms with Crippen LogP contribution < -0.4 is 0 Å². The van der Waals surface area contributed by atoms with Gasteiger partial charge in [0.1, 0.15) is 11.3 Å². The molecule has 0 atom stereocenters. The molecule has 6 nitrogen and oxygen atoms in total. The molecule has 1 aromatic heterocycles. The summed E-state index contributed by atoms with van der Waals surface area (Å²) < 4.78 is 6.93. The fraction of sp³-hybridized carbons (Fsp3) is 0.227. The van der Waals surface area contributed by atoms with Crippen LogP contribution in [0.2, 0.25) is 0 Å². The second-order valence-electron chi connectivity index (χ2n) is 6.80. The Hall–Kier alpha value is -3.41. The summed E-state index contributed by atoms with van der Waals surface area (Å²) in [5, 5.41) is 4.61. The van der Waals surface area contributed by atoms with E-state index in [4.69, 9.17) is 4.74 Å². The minimum Gasteiger partial charge on any atom is -0.452 e. The molecular formula is C22H23N3O3. The molecular weight excluding hydrogens is 354 g/mol. The largest absolute Gasteiger partial charge is 0.452 e. The van der Waals surface area contributed by atoms with Crippen LogP contribution in [-0.2, 0) is 16.1 Å². The monoisotopic (exact) mass is 377 g/mol. The van der Waals surface area contributed by atoms with Crippen molar-refractivity contribution in [1.29, 1.82) is 0 Å². The molecule has 1 amide bonds. The number of hydrogen-bond donors (Lipinski definition) is 0. The molecule has 0 saturated heterocycles. The molecule has 0 saturated carbocycles.